The highest BCUT2D eigenvalue weighted by atomic mass is 35.5. The lowest BCUT2D eigenvalue weighted by atomic mass is 10.0. The summed E-state index contributed by atoms with van der Waals surface area (Å²) in [5, 5.41) is 17.1. The quantitative estimate of drug-likeness (QED) is 0.482. The monoisotopic (exact) mass is 488 g/mol. The zero-order chi connectivity index (χ0) is 24.2. The first-order valence-electron chi connectivity index (χ1n) is 12.3. The number of aliphatic hydroxyl groups excluding tert-OH is 1. The molecule has 3 unspecified atom stereocenters. The summed E-state index contributed by atoms with van der Waals surface area (Å²) in [7, 11) is 5.79. The number of anilines is 1. The van der Waals surface area contributed by atoms with E-state index in [1.807, 2.05) is 0 Å². The fourth-order valence-electron chi connectivity index (χ4n) is 5.16. The van der Waals surface area contributed by atoms with Crippen LogP contribution in [0.5, 0.6) is 5.75 Å². The number of hydrogen-bond donors (Lipinski definition) is 3. The SMILES string of the molecule is COc1cc(NC(O)C2CCCC2)c(Cl)cc1C(=O)NC1C=CC(N2CCC(N(C)C)C2)=CC1. The number of hydrogen-bond acceptors (Lipinski definition) is 6. The average Bonchev–Trinajstić information content (AvgIpc) is 3.53. The van der Waals surface area contributed by atoms with Crippen LogP contribution >= 0.6 is 11.6 Å². The predicted octanol–water partition coefficient (Wildman–Crippen LogP) is 3.85. The van der Waals surface area contributed by atoms with Crippen LogP contribution in [0.2, 0.25) is 5.02 Å². The first-order chi connectivity index (χ1) is 16.4. The second kappa shape index (κ2) is 11.0. The van der Waals surface area contributed by atoms with Gasteiger partial charge in [0.15, 0.2) is 0 Å². The molecule has 3 atom stereocenters. The number of likely N-dealkylation sites (N-methyl/N-ethyl adjacent to an activating group) is 1. The summed E-state index contributed by atoms with van der Waals surface area (Å²) in [4.78, 5) is 17.7. The zero-order valence-corrected chi connectivity index (χ0v) is 21.1. The highest BCUT2D eigenvalue weighted by molar-refractivity contribution is 6.33. The molecule has 1 aromatic carbocycles. The predicted molar refractivity (Wildman–Crippen MR) is 136 cm³/mol. The molecule has 3 N–H and O–H groups in total. The molecule has 0 bridgehead atoms. The highest BCUT2D eigenvalue weighted by Gasteiger charge is 2.27. The van der Waals surface area contributed by atoms with Crippen molar-refractivity contribution in [2.75, 3.05) is 39.6 Å². The Balaban J connectivity index is 1.37. The number of allylic oxidation sites excluding steroid dienone is 1. The molecule has 8 heteroatoms. The van der Waals surface area contributed by atoms with Crippen LogP contribution in [-0.4, -0.2) is 73.4 Å². The van der Waals surface area contributed by atoms with E-state index in [0.717, 1.165) is 45.2 Å². The van der Waals surface area contributed by atoms with Crippen molar-refractivity contribution in [2.24, 2.45) is 5.92 Å². The largest absolute Gasteiger partial charge is 0.496 e. The number of nitrogens with one attached hydrogen (secondary N) is 2. The Morgan fingerprint density at radius 3 is 2.65 bits per heavy atom. The van der Waals surface area contributed by atoms with Crippen LogP contribution in [-0.2, 0) is 0 Å². The second-order valence-corrected chi connectivity index (χ2v) is 10.2. The van der Waals surface area contributed by atoms with Crippen LogP contribution in [0.4, 0.5) is 5.69 Å². The minimum Gasteiger partial charge on any atom is -0.496 e. The molecule has 3 aliphatic rings. The summed E-state index contributed by atoms with van der Waals surface area (Å²) in [6.45, 7) is 2.09. The van der Waals surface area contributed by atoms with E-state index in [1.54, 1.807) is 12.1 Å². The molecule has 1 aliphatic heterocycles. The van der Waals surface area contributed by atoms with Gasteiger partial charge < -0.3 is 30.3 Å². The summed E-state index contributed by atoms with van der Waals surface area (Å²) < 4.78 is 5.49. The molecule has 34 heavy (non-hydrogen) atoms. The summed E-state index contributed by atoms with van der Waals surface area (Å²) >= 11 is 6.48. The maximum Gasteiger partial charge on any atom is 0.255 e. The number of halogens is 1. The Kier molecular flexibility index (Phi) is 8.06. The van der Waals surface area contributed by atoms with Gasteiger partial charge in [0.2, 0.25) is 0 Å². The van der Waals surface area contributed by atoms with Crippen LogP contribution in [0.1, 0.15) is 48.9 Å². The number of methoxy groups -OCH3 is 1. The molecular formula is C26H37ClN4O3. The van der Waals surface area contributed by atoms with Gasteiger partial charge in [0.05, 0.1) is 29.4 Å². The van der Waals surface area contributed by atoms with E-state index < -0.39 is 6.23 Å². The number of amides is 1. The summed E-state index contributed by atoms with van der Waals surface area (Å²) in [5.74, 6) is 0.406. The number of aliphatic hydroxyl groups is 1. The Morgan fingerprint density at radius 1 is 1.26 bits per heavy atom. The van der Waals surface area contributed by atoms with Crippen LogP contribution in [0.15, 0.2) is 36.1 Å². The number of nitrogens with zero attached hydrogens (tertiary/aromatic N) is 2. The topological polar surface area (TPSA) is 77.1 Å². The van der Waals surface area contributed by atoms with Crippen molar-refractivity contribution in [1.29, 1.82) is 0 Å². The fourth-order valence-corrected chi connectivity index (χ4v) is 5.37. The molecule has 1 saturated heterocycles. The molecule has 2 fully saturated rings. The summed E-state index contributed by atoms with van der Waals surface area (Å²) in [6.07, 6.45) is 11.9. The molecule has 2 aliphatic carbocycles. The molecule has 1 aromatic rings. The van der Waals surface area contributed by atoms with Gasteiger partial charge >= 0.3 is 0 Å². The van der Waals surface area contributed by atoms with Gasteiger partial charge in [0.1, 0.15) is 12.0 Å². The van der Waals surface area contributed by atoms with E-state index in [0.29, 0.717) is 28.1 Å². The lowest BCUT2D eigenvalue weighted by molar-refractivity contribution is 0.0941. The molecule has 1 amide bonds. The molecule has 1 heterocycles. The van der Waals surface area contributed by atoms with Gasteiger partial charge in [-0.3, -0.25) is 4.79 Å². The number of carbonyl (C=O) groups excluding carboxylic acids is 1. The van der Waals surface area contributed by atoms with E-state index >= 15 is 0 Å². The van der Waals surface area contributed by atoms with E-state index in [1.165, 1.54) is 19.2 Å². The molecular weight excluding hydrogens is 452 g/mol. The maximum absolute atomic E-state index is 13.1. The van der Waals surface area contributed by atoms with Gasteiger partial charge in [0.25, 0.3) is 5.91 Å². The van der Waals surface area contributed by atoms with Crippen molar-refractivity contribution in [2.45, 2.75) is 56.8 Å². The third-order valence-electron chi connectivity index (χ3n) is 7.34. The van der Waals surface area contributed by atoms with E-state index in [-0.39, 0.29) is 17.9 Å². The number of rotatable bonds is 8. The zero-order valence-electron chi connectivity index (χ0n) is 20.4. The van der Waals surface area contributed by atoms with Crippen LogP contribution in [0.25, 0.3) is 0 Å². The first kappa shape index (κ1) is 24.9. The third kappa shape index (κ3) is 5.70. The lowest BCUT2D eigenvalue weighted by Crippen LogP contribution is -2.35. The van der Waals surface area contributed by atoms with Gasteiger partial charge in [-0.05, 0) is 51.9 Å². The van der Waals surface area contributed by atoms with Crippen molar-refractivity contribution in [3.63, 3.8) is 0 Å². The molecule has 1 saturated carbocycles. The normalized spacial score (nSPS) is 23.8. The molecule has 186 valence electrons. The smallest absolute Gasteiger partial charge is 0.255 e. The third-order valence-corrected chi connectivity index (χ3v) is 7.65. The van der Waals surface area contributed by atoms with Gasteiger partial charge in [-0.15, -0.1) is 0 Å². The Bertz CT molecular complexity index is 942. The lowest BCUT2D eigenvalue weighted by Gasteiger charge is -2.26. The van der Waals surface area contributed by atoms with Gasteiger partial charge in [-0.2, -0.15) is 0 Å². The molecule has 4 rings (SSSR count). The van der Waals surface area contributed by atoms with Crippen molar-refractivity contribution < 1.29 is 14.6 Å². The van der Waals surface area contributed by atoms with Crippen molar-refractivity contribution in [1.82, 2.24) is 15.1 Å². The van der Waals surface area contributed by atoms with Crippen molar-refractivity contribution in [3.05, 3.63) is 46.6 Å². The summed E-state index contributed by atoms with van der Waals surface area (Å²) in [6, 6.07) is 3.80. The van der Waals surface area contributed by atoms with Crippen LogP contribution in [0.3, 0.4) is 0 Å². The molecule has 7 nitrogen and oxygen atoms in total. The Morgan fingerprint density at radius 2 is 2.03 bits per heavy atom. The molecule has 0 spiro atoms. The van der Waals surface area contributed by atoms with Crippen LogP contribution < -0.4 is 15.4 Å². The summed E-state index contributed by atoms with van der Waals surface area (Å²) in [5.41, 5.74) is 2.18. The number of likely N-dealkylation sites (tertiary alicyclic amines) is 1. The average molecular weight is 489 g/mol. The minimum absolute atomic E-state index is 0.0889. The van der Waals surface area contributed by atoms with Gasteiger partial charge in [-0.1, -0.05) is 36.6 Å². The van der Waals surface area contributed by atoms with E-state index in [9.17, 15) is 9.90 Å². The number of ether oxygens (including phenoxy) is 1. The standard InChI is InChI=1S/C26H37ClN4O3/c1-30(2)20-12-13-31(16-20)19-10-8-18(9-11-19)28-26(33)21-14-22(27)23(15-24(21)34-3)29-25(32)17-6-4-5-7-17/h8,10-11,14-15,17-18,20,25,29,32H,4-7,9,12-13,16H2,1-3H3,(H,28,33). The Labute approximate surface area is 207 Å². The Hall–Kier alpha value is -2.22. The first-order valence-corrected chi connectivity index (χ1v) is 12.7. The van der Waals surface area contributed by atoms with Crippen molar-refractivity contribution >= 4 is 23.2 Å². The highest BCUT2D eigenvalue weighted by Crippen LogP contribution is 2.34. The van der Waals surface area contributed by atoms with Gasteiger partial charge in [-0.25, -0.2) is 0 Å². The fraction of sp³-hybridized carbons (Fsp3) is 0.577. The molecule has 0 radical (unpaired) electrons. The second-order valence-electron chi connectivity index (χ2n) is 9.82. The number of carbonyl (C=O) groups is 1. The van der Waals surface area contributed by atoms with E-state index in [4.69, 9.17) is 16.3 Å². The van der Waals surface area contributed by atoms with Crippen LogP contribution in [0, 0.1) is 5.92 Å². The van der Waals surface area contributed by atoms with Crippen molar-refractivity contribution in [3.8, 4) is 5.75 Å². The molecule has 0 aromatic heterocycles. The van der Waals surface area contributed by atoms with E-state index in [2.05, 4.69) is 52.8 Å². The minimum atomic E-state index is -0.665. The number of benzene rings is 1. The van der Waals surface area contributed by atoms with Gasteiger partial charge in [0, 0.05) is 36.8 Å². The maximum atomic E-state index is 13.1.